The highest BCUT2D eigenvalue weighted by molar-refractivity contribution is 9.10. The summed E-state index contributed by atoms with van der Waals surface area (Å²) >= 11 is 3.45. The third-order valence-corrected chi connectivity index (χ3v) is 4.76. The average Bonchev–Trinajstić information content (AvgIpc) is 2.68. The lowest BCUT2D eigenvalue weighted by Crippen LogP contribution is -2.32. The van der Waals surface area contributed by atoms with Crippen molar-refractivity contribution in [2.24, 2.45) is 5.92 Å². The number of hydrogen-bond acceptors (Lipinski definition) is 2. The van der Waals surface area contributed by atoms with Gasteiger partial charge in [0.2, 0.25) is 0 Å². The number of benzene rings is 1. The van der Waals surface area contributed by atoms with Gasteiger partial charge in [-0.25, -0.2) is 0 Å². The second-order valence-electron chi connectivity index (χ2n) is 5.69. The Bertz CT molecular complexity index is 400. The highest BCUT2D eigenvalue weighted by Crippen LogP contribution is 2.26. The summed E-state index contributed by atoms with van der Waals surface area (Å²) in [7, 11) is 0. The predicted molar refractivity (Wildman–Crippen MR) is 83.3 cm³/mol. The molecule has 2 nitrogen and oxygen atoms in total. The molecule has 2 N–H and O–H groups in total. The van der Waals surface area contributed by atoms with Crippen LogP contribution in [0.25, 0.3) is 0 Å². The lowest BCUT2D eigenvalue weighted by Gasteiger charge is -2.24. The normalized spacial score (nSPS) is 19.1. The second kappa shape index (κ2) is 7.30. The third-order valence-electron chi connectivity index (χ3n) is 4.26. The van der Waals surface area contributed by atoms with Crippen molar-refractivity contribution in [2.45, 2.75) is 58.0 Å². The quantitative estimate of drug-likeness (QED) is 0.793. The summed E-state index contributed by atoms with van der Waals surface area (Å²) in [4.78, 5) is 0. The van der Waals surface area contributed by atoms with Gasteiger partial charge in [0.15, 0.2) is 0 Å². The Kier molecular flexibility index (Phi) is 5.71. The van der Waals surface area contributed by atoms with E-state index in [0.717, 1.165) is 22.5 Å². The largest absolute Gasteiger partial charge is 0.508 e. The highest BCUT2D eigenvalue weighted by atomic mass is 79.9. The topological polar surface area (TPSA) is 32.3 Å². The van der Waals surface area contributed by atoms with E-state index in [9.17, 15) is 5.11 Å². The number of aromatic hydroxyl groups is 1. The molecule has 0 saturated heterocycles. The molecule has 2 rings (SSSR count). The van der Waals surface area contributed by atoms with Gasteiger partial charge in [0, 0.05) is 22.6 Å². The molecule has 1 aromatic carbocycles. The Labute approximate surface area is 124 Å². The fraction of sp³-hybridized carbons (Fsp3) is 0.625. The Morgan fingerprint density at radius 3 is 2.63 bits per heavy atom. The molecule has 0 aromatic heterocycles. The molecule has 19 heavy (non-hydrogen) atoms. The van der Waals surface area contributed by atoms with E-state index >= 15 is 0 Å². The number of phenolic OH excluding ortho intramolecular Hbond substituents is 1. The number of phenols is 1. The van der Waals surface area contributed by atoms with Gasteiger partial charge in [-0.1, -0.05) is 41.6 Å². The predicted octanol–water partition coefficient (Wildman–Crippen LogP) is 4.60. The first kappa shape index (κ1) is 14.9. The SMILES string of the molecule is C[C@H](NCc1cc(Br)ccc1O)C1CCCCCC1. The maximum absolute atomic E-state index is 9.84. The van der Waals surface area contributed by atoms with Gasteiger partial charge in [0.05, 0.1) is 0 Å². The van der Waals surface area contributed by atoms with Gasteiger partial charge in [-0.15, -0.1) is 0 Å². The Morgan fingerprint density at radius 2 is 1.95 bits per heavy atom. The van der Waals surface area contributed by atoms with Crippen LogP contribution in [0.2, 0.25) is 0 Å². The number of halogens is 1. The van der Waals surface area contributed by atoms with E-state index in [1.807, 2.05) is 12.1 Å². The number of rotatable bonds is 4. The summed E-state index contributed by atoms with van der Waals surface area (Å²) in [5.74, 6) is 1.17. The van der Waals surface area contributed by atoms with Crippen molar-refractivity contribution in [2.75, 3.05) is 0 Å². The van der Waals surface area contributed by atoms with Crippen molar-refractivity contribution in [3.63, 3.8) is 0 Å². The summed E-state index contributed by atoms with van der Waals surface area (Å²) in [6.07, 6.45) is 8.24. The Morgan fingerprint density at radius 1 is 1.26 bits per heavy atom. The first-order valence-electron chi connectivity index (χ1n) is 7.37. The molecule has 1 atom stereocenters. The fourth-order valence-electron chi connectivity index (χ4n) is 2.94. The zero-order valence-electron chi connectivity index (χ0n) is 11.7. The van der Waals surface area contributed by atoms with Gasteiger partial charge in [0.25, 0.3) is 0 Å². The standard InChI is InChI=1S/C16H24BrNO/c1-12(13-6-4-2-3-5-7-13)18-11-14-10-15(17)8-9-16(14)19/h8-10,12-13,18-19H,2-7,11H2,1H3/t12-/m0/s1. The summed E-state index contributed by atoms with van der Waals surface area (Å²) in [6.45, 7) is 3.02. The van der Waals surface area contributed by atoms with Crippen LogP contribution in [0.4, 0.5) is 0 Å². The van der Waals surface area contributed by atoms with Crippen LogP contribution in [0.5, 0.6) is 5.75 Å². The molecule has 1 saturated carbocycles. The van der Waals surface area contributed by atoms with Crippen LogP contribution in [0.3, 0.4) is 0 Å². The Hall–Kier alpha value is -0.540. The monoisotopic (exact) mass is 325 g/mol. The van der Waals surface area contributed by atoms with Crippen molar-refractivity contribution >= 4 is 15.9 Å². The Balaban J connectivity index is 1.88. The van der Waals surface area contributed by atoms with Crippen LogP contribution < -0.4 is 5.32 Å². The van der Waals surface area contributed by atoms with E-state index in [1.165, 1.54) is 38.5 Å². The molecule has 106 valence electrons. The summed E-state index contributed by atoms with van der Waals surface area (Å²) in [5, 5.41) is 13.4. The van der Waals surface area contributed by atoms with E-state index in [-0.39, 0.29) is 0 Å². The molecule has 0 spiro atoms. The van der Waals surface area contributed by atoms with Crippen molar-refractivity contribution in [3.8, 4) is 5.75 Å². The summed E-state index contributed by atoms with van der Waals surface area (Å²) < 4.78 is 1.02. The molecule has 0 amide bonds. The molecular formula is C16H24BrNO. The van der Waals surface area contributed by atoms with Crippen LogP contribution in [0.15, 0.2) is 22.7 Å². The van der Waals surface area contributed by atoms with Crippen LogP contribution in [0.1, 0.15) is 51.0 Å². The lowest BCUT2D eigenvalue weighted by atomic mass is 9.93. The molecular weight excluding hydrogens is 302 g/mol. The van der Waals surface area contributed by atoms with Gasteiger partial charge in [-0.3, -0.25) is 0 Å². The average molecular weight is 326 g/mol. The first-order valence-corrected chi connectivity index (χ1v) is 8.17. The summed E-state index contributed by atoms with van der Waals surface area (Å²) in [6, 6.07) is 6.13. The van der Waals surface area contributed by atoms with Crippen LogP contribution in [-0.2, 0) is 6.54 Å². The van der Waals surface area contributed by atoms with Crippen molar-refractivity contribution in [1.29, 1.82) is 0 Å². The maximum Gasteiger partial charge on any atom is 0.120 e. The molecule has 0 radical (unpaired) electrons. The number of nitrogens with one attached hydrogen (secondary N) is 1. The minimum Gasteiger partial charge on any atom is -0.508 e. The number of hydrogen-bond donors (Lipinski definition) is 2. The fourth-order valence-corrected chi connectivity index (χ4v) is 3.35. The molecule has 1 fully saturated rings. The summed E-state index contributed by atoms with van der Waals surface area (Å²) in [5.41, 5.74) is 0.967. The zero-order chi connectivity index (χ0) is 13.7. The minimum absolute atomic E-state index is 0.378. The molecule has 0 unspecified atom stereocenters. The molecule has 0 bridgehead atoms. The molecule has 3 heteroatoms. The van der Waals surface area contributed by atoms with Gasteiger partial charge in [0.1, 0.15) is 5.75 Å². The first-order chi connectivity index (χ1) is 9.16. The van der Waals surface area contributed by atoms with Gasteiger partial charge in [-0.05, 0) is 43.9 Å². The van der Waals surface area contributed by atoms with Crippen molar-refractivity contribution in [3.05, 3.63) is 28.2 Å². The van der Waals surface area contributed by atoms with Gasteiger partial charge < -0.3 is 10.4 Å². The molecule has 1 aliphatic carbocycles. The molecule has 0 heterocycles. The zero-order valence-corrected chi connectivity index (χ0v) is 13.2. The lowest BCUT2D eigenvalue weighted by molar-refractivity contribution is 0.334. The second-order valence-corrected chi connectivity index (χ2v) is 6.61. The van der Waals surface area contributed by atoms with E-state index < -0.39 is 0 Å². The van der Waals surface area contributed by atoms with Crippen LogP contribution in [-0.4, -0.2) is 11.1 Å². The van der Waals surface area contributed by atoms with Crippen LogP contribution >= 0.6 is 15.9 Å². The van der Waals surface area contributed by atoms with Crippen molar-refractivity contribution in [1.82, 2.24) is 5.32 Å². The third kappa shape index (κ3) is 4.50. The molecule has 1 aliphatic rings. The van der Waals surface area contributed by atoms with E-state index in [2.05, 4.69) is 28.2 Å². The molecule has 0 aliphatic heterocycles. The maximum atomic E-state index is 9.84. The highest BCUT2D eigenvalue weighted by Gasteiger charge is 2.18. The minimum atomic E-state index is 0.378. The van der Waals surface area contributed by atoms with Crippen molar-refractivity contribution < 1.29 is 5.11 Å². The van der Waals surface area contributed by atoms with Gasteiger partial charge in [-0.2, -0.15) is 0 Å². The van der Waals surface area contributed by atoms with E-state index in [1.54, 1.807) is 6.07 Å². The van der Waals surface area contributed by atoms with E-state index in [4.69, 9.17) is 0 Å². The van der Waals surface area contributed by atoms with Gasteiger partial charge >= 0.3 is 0 Å². The molecule has 1 aromatic rings. The van der Waals surface area contributed by atoms with E-state index in [0.29, 0.717) is 11.8 Å². The smallest absolute Gasteiger partial charge is 0.120 e. The van der Waals surface area contributed by atoms with Crippen LogP contribution in [0, 0.1) is 5.92 Å².